The summed E-state index contributed by atoms with van der Waals surface area (Å²) >= 11 is 18.4. The van der Waals surface area contributed by atoms with Crippen molar-refractivity contribution in [1.82, 2.24) is 40.3 Å². The van der Waals surface area contributed by atoms with E-state index >= 15 is 0 Å². The number of aryl methyl sites for hydroxylation is 1. The second kappa shape index (κ2) is 11.4. The zero-order chi connectivity index (χ0) is 31.1. The number of carbonyl (C=O) groups excluding carboxylic acids is 2. The summed E-state index contributed by atoms with van der Waals surface area (Å²) in [6.45, 7) is 1.21. The predicted octanol–water partition coefficient (Wildman–Crippen LogP) is 4.33. The fourth-order valence-corrected chi connectivity index (χ4v) is 4.94. The summed E-state index contributed by atoms with van der Waals surface area (Å²) in [5, 5.41) is 28.7. The molecule has 3 heterocycles. The molecule has 5 rings (SSSR count). The standard InChI is InChI=1S/C25H18Cl3F3N10O2/c1-12-5-13(9-32)6-16(21(42)34-10-14-8-24(14,27)28)19(12)35-22(43)18-7-15(11-40-23(25(29,30)31)36-38-39-40)37-41(18)20-17(26)3-2-4-33-20/h2-7,14H,8,10-11H2,1H3,(H,34,42)(H,35,43). The lowest BCUT2D eigenvalue weighted by Crippen LogP contribution is -2.29. The van der Waals surface area contributed by atoms with Crippen molar-refractivity contribution in [2.24, 2.45) is 5.92 Å². The Morgan fingerprint density at radius 3 is 2.63 bits per heavy atom. The normalized spacial score (nSPS) is 15.5. The van der Waals surface area contributed by atoms with Gasteiger partial charge in [-0.1, -0.05) is 11.6 Å². The van der Waals surface area contributed by atoms with Crippen LogP contribution in [0.4, 0.5) is 18.9 Å². The van der Waals surface area contributed by atoms with E-state index in [2.05, 4.69) is 36.2 Å². The Balaban J connectivity index is 1.50. The molecule has 0 bridgehead atoms. The number of carbonyl (C=O) groups is 2. The number of alkyl halides is 5. The molecular weight excluding hydrogens is 636 g/mol. The van der Waals surface area contributed by atoms with Crippen molar-refractivity contribution < 1.29 is 22.8 Å². The van der Waals surface area contributed by atoms with E-state index in [4.69, 9.17) is 34.8 Å². The van der Waals surface area contributed by atoms with Crippen LogP contribution in [-0.4, -0.2) is 57.7 Å². The average Bonchev–Trinajstić information content (AvgIpc) is 3.28. The molecule has 2 N–H and O–H groups in total. The summed E-state index contributed by atoms with van der Waals surface area (Å²) < 4.78 is 40.6. The number of halogens is 6. The van der Waals surface area contributed by atoms with E-state index in [0.717, 1.165) is 4.68 Å². The quantitative estimate of drug-likeness (QED) is 0.266. The molecule has 1 aliphatic rings. The van der Waals surface area contributed by atoms with Crippen molar-refractivity contribution in [2.45, 2.75) is 30.4 Å². The van der Waals surface area contributed by atoms with Crippen LogP contribution in [0.2, 0.25) is 5.02 Å². The number of nitrogens with one attached hydrogen (secondary N) is 2. The molecule has 18 heteroatoms. The first-order valence-electron chi connectivity index (χ1n) is 12.3. The van der Waals surface area contributed by atoms with Crippen LogP contribution >= 0.6 is 34.8 Å². The minimum absolute atomic E-state index is 0.00837. The van der Waals surface area contributed by atoms with E-state index in [-0.39, 0.29) is 51.5 Å². The van der Waals surface area contributed by atoms with Crippen molar-refractivity contribution in [3.63, 3.8) is 0 Å². The summed E-state index contributed by atoms with van der Waals surface area (Å²) in [5.41, 5.74) is 0.422. The van der Waals surface area contributed by atoms with Crippen molar-refractivity contribution in [3.8, 4) is 11.9 Å². The molecule has 1 aromatic carbocycles. The summed E-state index contributed by atoms with van der Waals surface area (Å²) in [7, 11) is 0. The Kier molecular flexibility index (Phi) is 8.03. The van der Waals surface area contributed by atoms with Crippen molar-refractivity contribution >= 4 is 52.3 Å². The lowest BCUT2D eigenvalue weighted by molar-refractivity contribution is -0.147. The van der Waals surface area contributed by atoms with Gasteiger partial charge < -0.3 is 10.6 Å². The molecule has 0 spiro atoms. The number of benzene rings is 1. The maximum absolute atomic E-state index is 13.7. The third kappa shape index (κ3) is 6.41. The molecule has 2 amide bonds. The Hall–Kier alpha value is -4.26. The molecule has 1 atom stereocenters. The molecule has 0 saturated heterocycles. The molecule has 0 aliphatic heterocycles. The zero-order valence-electron chi connectivity index (χ0n) is 21.8. The molecule has 222 valence electrons. The largest absolute Gasteiger partial charge is 0.453 e. The lowest BCUT2D eigenvalue weighted by Gasteiger charge is -2.15. The van der Waals surface area contributed by atoms with Crippen LogP contribution in [0.1, 0.15) is 49.9 Å². The fraction of sp³-hybridized carbons (Fsp3) is 0.280. The molecule has 1 aliphatic carbocycles. The number of tetrazole rings is 1. The van der Waals surface area contributed by atoms with Crippen LogP contribution in [0.5, 0.6) is 0 Å². The first-order valence-corrected chi connectivity index (χ1v) is 13.5. The highest BCUT2D eigenvalue weighted by atomic mass is 35.5. The number of anilines is 1. The maximum Gasteiger partial charge on any atom is 0.453 e. The number of aromatic nitrogens is 7. The third-order valence-corrected chi connectivity index (χ3v) is 7.66. The topological polar surface area (TPSA) is 156 Å². The van der Waals surface area contributed by atoms with Crippen molar-refractivity contribution in [1.29, 1.82) is 5.26 Å². The van der Waals surface area contributed by atoms with E-state index in [9.17, 15) is 28.0 Å². The second-order valence-corrected chi connectivity index (χ2v) is 11.5. The molecule has 1 fully saturated rings. The number of hydrogen-bond acceptors (Lipinski definition) is 8. The van der Waals surface area contributed by atoms with Crippen LogP contribution in [-0.2, 0) is 12.7 Å². The smallest absolute Gasteiger partial charge is 0.352 e. The number of rotatable bonds is 8. The number of nitriles is 1. The summed E-state index contributed by atoms with van der Waals surface area (Å²) in [5.74, 6) is -2.91. The van der Waals surface area contributed by atoms with Gasteiger partial charge in [0, 0.05) is 18.7 Å². The lowest BCUT2D eigenvalue weighted by atomic mass is 10.0. The molecule has 3 aromatic heterocycles. The highest BCUT2D eigenvalue weighted by molar-refractivity contribution is 6.50. The first-order chi connectivity index (χ1) is 20.3. The van der Waals surface area contributed by atoms with Crippen LogP contribution in [0.25, 0.3) is 5.82 Å². The Labute approximate surface area is 255 Å². The Bertz CT molecular complexity index is 1780. The molecule has 4 aromatic rings. The SMILES string of the molecule is Cc1cc(C#N)cc(C(=O)NCC2CC2(Cl)Cl)c1NC(=O)c1cc(Cn2nnnc2C(F)(F)F)nn1-c1ncccc1Cl. The van der Waals surface area contributed by atoms with Gasteiger partial charge in [-0.05, 0) is 59.7 Å². The molecule has 0 radical (unpaired) electrons. The van der Waals surface area contributed by atoms with Gasteiger partial charge in [0.05, 0.1) is 40.1 Å². The number of nitrogens with zero attached hydrogens (tertiary/aromatic N) is 8. The van der Waals surface area contributed by atoms with Gasteiger partial charge in [-0.25, -0.2) is 14.3 Å². The highest BCUT2D eigenvalue weighted by Gasteiger charge is 2.51. The molecular formula is C25H18Cl3F3N10O2. The zero-order valence-corrected chi connectivity index (χ0v) is 24.1. The van der Waals surface area contributed by atoms with E-state index in [1.807, 2.05) is 6.07 Å². The number of pyridine rings is 1. The van der Waals surface area contributed by atoms with Gasteiger partial charge in [0.25, 0.3) is 17.6 Å². The van der Waals surface area contributed by atoms with E-state index in [0.29, 0.717) is 16.7 Å². The van der Waals surface area contributed by atoms with Crippen LogP contribution in [0, 0.1) is 24.2 Å². The summed E-state index contributed by atoms with van der Waals surface area (Å²) in [4.78, 5) is 31.0. The second-order valence-electron chi connectivity index (χ2n) is 9.55. The maximum atomic E-state index is 13.7. The molecule has 1 saturated carbocycles. The summed E-state index contributed by atoms with van der Waals surface area (Å²) in [6, 6.07) is 9.00. The van der Waals surface area contributed by atoms with Gasteiger partial charge >= 0.3 is 6.18 Å². The summed E-state index contributed by atoms with van der Waals surface area (Å²) in [6.07, 6.45) is -2.96. The van der Waals surface area contributed by atoms with Gasteiger partial charge in [-0.2, -0.15) is 23.5 Å². The minimum atomic E-state index is -4.84. The van der Waals surface area contributed by atoms with E-state index < -0.39 is 34.7 Å². The Morgan fingerprint density at radius 1 is 1.23 bits per heavy atom. The number of amides is 2. The van der Waals surface area contributed by atoms with Crippen LogP contribution in [0.15, 0.2) is 36.5 Å². The van der Waals surface area contributed by atoms with Gasteiger partial charge in [0.15, 0.2) is 5.82 Å². The van der Waals surface area contributed by atoms with E-state index in [1.54, 1.807) is 6.92 Å². The van der Waals surface area contributed by atoms with Crippen molar-refractivity contribution in [2.75, 3.05) is 11.9 Å². The van der Waals surface area contributed by atoms with Crippen LogP contribution in [0.3, 0.4) is 0 Å². The average molecular weight is 654 g/mol. The third-order valence-electron chi connectivity index (χ3n) is 6.44. The monoisotopic (exact) mass is 652 g/mol. The van der Waals surface area contributed by atoms with Gasteiger partial charge in [0.1, 0.15) is 10.0 Å². The number of hydrogen-bond donors (Lipinski definition) is 2. The Morgan fingerprint density at radius 2 is 1.98 bits per heavy atom. The van der Waals surface area contributed by atoms with Gasteiger partial charge in [-0.3, -0.25) is 9.59 Å². The fourth-order valence-electron chi connectivity index (χ4n) is 4.21. The highest BCUT2D eigenvalue weighted by Crippen LogP contribution is 2.52. The molecule has 1 unspecified atom stereocenters. The van der Waals surface area contributed by atoms with Crippen LogP contribution < -0.4 is 10.6 Å². The van der Waals surface area contributed by atoms with Gasteiger partial charge in [-0.15, -0.1) is 28.3 Å². The minimum Gasteiger partial charge on any atom is -0.352 e. The van der Waals surface area contributed by atoms with Gasteiger partial charge in [0.2, 0.25) is 0 Å². The van der Waals surface area contributed by atoms with E-state index in [1.165, 1.54) is 36.5 Å². The first kappa shape index (κ1) is 30.2. The van der Waals surface area contributed by atoms with Crippen molar-refractivity contribution in [3.05, 3.63) is 75.5 Å². The molecule has 43 heavy (non-hydrogen) atoms. The predicted molar refractivity (Wildman–Crippen MR) is 147 cm³/mol. The molecule has 12 nitrogen and oxygen atoms in total.